The molecule has 7 heteroatoms. The van der Waals surface area contributed by atoms with Gasteiger partial charge in [-0.3, -0.25) is 4.79 Å². The summed E-state index contributed by atoms with van der Waals surface area (Å²) in [6.07, 6.45) is 3.80. The first kappa shape index (κ1) is 22.5. The number of nitrogens with one attached hydrogen (secondary N) is 2. The molecule has 1 saturated carbocycles. The minimum atomic E-state index is 0. The van der Waals surface area contributed by atoms with Crippen molar-refractivity contribution in [3.63, 3.8) is 0 Å². The van der Waals surface area contributed by atoms with E-state index in [2.05, 4.69) is 34.7 Å². The molecule has 3 aliphatic rings. The Morgan fingerprint density at radius 1 is 1.17 bits per heavy atom. The lowest BCUT2D eigenvalue weighted by atomic mass is 9.94. The normalized spacial score (nSPS) is 28.2. The molecule has 29 heavy (non-hydrogen) atoms. The summed E-state index contributed by atoms with van der Waals surface area (Å²) in [5, 5.41) is 7.40. The SMILES string of the molecule is CN1CCN(C(=O)c2ccc(CNC3CCCC3C3COCCN3)cc2)CC1.Cl. The molecular formula is C22H35ClN4O2. The number of carbonyl (C=O) groups excluding carboxylic acids is 1. The Hall–Kier alpha value is -1.18. The lowest BCUT2D eigenvalue weighted by Crippen LogP contribution is -2.50. The molecule has 6 nitrogen and oxygen atoms in total. The van der Waals surface area contributed by atoms with Crippen molar-refractivity contribution < 1.29 is 9.53 Å². The van der Waals surface area contributed by atoms with Gasteiger partial charge in [0.15, 0.2) is 0 Å². The van der Waals surface area contributed by atoms with Crippen LogP contribution in [0.4, 0.5) is 0 Å². The van der Waals surface area contributed by atoms with Gasteiger partial charge in [0.1, 0.15) is 0 Å². The molecule has 1 aliphatic carbocycles. The monoisotopic (exact) mass is 422 g/mol. The quantitative estimate of drug-likeness (QED) is 0.757. The topological polar surface area (TPSA) is 56.8 Å². The standard InChI is InChI=1S/C22H34N4O2.ClH/c1-25-10-12-26(13-11-25)22(27)18-7-5-17(6-8-18)15-24-20-4-2-3-19(20)21-16-28-14-9-23-21;/h5-8,19-21,23-24H,2-4,9-16H2,1H3;1H. The van der Waals surface area contributed by atoms with E-state index in [1.54, 1.807) is 0 Å². The van der Waals surface area contributed by atoms with Crippen molar-refractivity contribution in [2.45, 2.75) is 37.9 Å². The molecule has 1 aromatic rings. The molecule has 2 heterocycles. The van der Waals surface area contributed by atoms with Crippen LogP contribution in [0.25, 0.3) is 0 Å². The van der Waals surface area contributed by atoms with Crippen LogP contribution in [0, 0.1) is 5.92 Å². The Bertz CT molecular complexity index is 643. The van der Waals surface area contributed by atoms with Gasteiger partial charge in [0.05, 0.1) is 13.2 Å². The Kier molecular flexibility index (Phi) is 8.33. The number of rotatable bonds is 5. The first-order valence-electron chi connectivity index (χ1n) is 10.8. The minimum Gasteiger partial charge on any atom is -0.379 e. The highest BCUT2D eigenvalue weighted by Gasteiger charge is 2.34. The van der Waals surface area contributed by atoms with Gasteiger partial charge in [-0.1, -0.05) is 18.6 Å². The molecule has 162 valence electrons. The average Bonchev–Trinajstić information content (AvgIpc) is 3.22. The van der Waals surface area contributed by atoms with E-state index in [1.165, 1.54) is 24.8 Å². The van der Waals surface area contributed by atoms with Crippen LogP contribution in [0.15, 0.2) is 24.3 Å². The van der Waals surface area contributed by atoms with Gasteiger partial charge < -0.3 is 25.2 Å². The van der Waals surface area contributed by atoms with Crippen LogP contribution >= 0.6 is 12.4 Å². The Morgan fingerprint density at radius 2 is 1.93 bits per heavy atom. The van der Waals surface area contributed by atoms with Crippen LogP contribution < -0.4 is 10.6 Å². The van der Waals surface area contributed by atoms with E-state index in [0.29, 0.717) is 18.0 Å². The van der Waals surface area contributed by atoms with Crippen molar-refractivity contribution in [3.05, 3.63) is 35.4 Å². The van der Waals surface area contributed by atoms with Crippen LogP contribution in [0.5, 0.6) is 0 Å². The third-order valence-electron chi connectivity index (χ3n) is 6.60. The average molecular weight is 423 g/mol. The lowest BCUT2D eigenvalue weighted by molar-refractivity contribution is 0.0524. The van der Waals surface area contributed by atoms with E-state index in [9.17, 15) is 4.79 Å². The van der Waals surface area contributed by atoms with E-state index in [0.717, 1.165) is 58.0 Å². The molecule has 3 atom stereocenters. The zero-order chi connectivity index (χ0) is 19.3. The maximum atomic E-state index is 12.7. The van der Waals surface area contributed by atoms with Crippen molar-refractivity contribution in [2.24, 2.45) is 5.92 Å². The number of morpholine rings is 1. The fourth-order valence-electron chi connectivity index (χ4n) is 4.79. The number of ether oxygens (including phenoxy) is 1. The number of nitrogens with zero attached hydrogens (tertiary/aromatic N) is 2. The third-order valence-corrected chi connectivity index (χ3v) is 6.60. The first-order chi connectivity index (χ1) is 13.7. The van der Waals surface area contributed by atoms with Gasteiger partial charge in [-0.25, -0.2) is 0 Å². The van der Waals surface area contributed by atoms with E-state index >= 15 is 0 Å². The van der Waals surface area contributed by atoms with Crippen molar-refractivity contribution in [2.75, 3.05) is 53.0 Å². The molecule has 2 saturated heterocycles. The number of halogens is 1. The highest BCUT2D eigenvalue weighted by Crippen LogP contribution is 2.29. The summed E-state index contributed by atoms with van der Waals surface area (Å²) in [7, 11) is 2.11. The zero-order valence-corrected chi connectivity index (χ0v) is 18.3. The summed E-state index contributed by atoms with van der Waals surface area (Å²) < 4.78 is 5.67. The molecule has 1 aromatic carbocycles. The fraction of sp³-hybridized carbons (Fsp3) is 0.682. The van der Waals surface area contributed by atoms with Gasteiger partial charge >= 0.3 is 0 Å². The molecule has 0 aromatic heterocycles. The predicted molar refractivity (Wildman–Crippen MR) is 118 cm³/mol. The second-order valence-corrected chi connectivity index (χ2v) is 8.51. The number of piperazine rings is 1. The van der Waals surface area contributed by atoms with Gasteiger partial charge in [0, 0.05) is 56.9 Å². The van der Waals surface area contributed by atoms with Gasteiger partial charge in [0.2, 0.25) is 0 Å². The van der Waals surface area contributed by atoms with Crippen molar-refractivity contribution >= 4 is 18.3 Å². The van der Waals surface area contributed by atoms with Crippen LogP contribution in [0.3, 0.4) is 0 Å². The number of benzene rings is 1. The second-order valence-electron chi connectivity index (χ2n) is 8.51. The van der Waals surface area contributed by atoms with E-state index < -0.39 is 0 Å². The molecule has 2 aliphatic heterocycles. The third kappa shape index (κ3) is 5.70. The van der Waals surface area contributed by atoms with Crippen molar-refractivity contribution in [1.29, 1.82) is 0 Å². The largest absolute Gasteiger partial charge is 0.379 e. The van der Waals surface area contributed by atoms with E-state index in [4.69, 9.17) is 4.74 Å². The smallest absolute Gasteiger partial charge is 0.253 e. The molecular weight excluding hydrogens is 388 g/mol. The zero-order valence-electron chi connectivity index (χ0n) is 17.4. The molecule has 3 unspecified atom stereocenters. The summed E-state index contributed by atoms with van der Waals surface area (Å²) in [4.78, 5) is 16.9. The van der Waals surface area contributed by atoms with Crippen LogP contribution in [-0.4, -0.2) is 80.8 Å². The minimum absolute atomic E-state index is 0. The van der Waals surface area contributed by atoms with Crippen LogP contribution in [0.2, 0.25) is 0 Å². The number of likely N-dealkylation sites (N-methyl/N-ethyl adjacent to an activating group) is 1. The first-order valence-corrected chi connectivity index (χ1v) is 10.8. The fourth-order valence-corrected chi connectivity index (χ4v) is 4.79. The summed E-state index contributed by atoms with van der Waals surface area (Å²) in [6.45, 7) is 7.05. The van der Waals surface area contributed by atoms with Crippen molar-refractivity contribution in [1.82, 2.24) is 20.4 Å². The maximum absolute atomic E-state index is 12.7. The number of hydrogen-bond donors (Lipinski definition) is 2. The second kappa shape index (κ2) is 10.7. The van der Waals surface area contributed by atoms with Gasteiger partial charge in [0.25, 0.3) is 5.91 Å². The maximum Gasteiger partial charge on any atom is 0.253 e. The van der Waals surface area contributed by atoms with Crippen LogP contribution in [0.1, 0.15) is 35.2 Å². The molecule has 0 radical (unpaired) electrons. The predicted octanol–water partition coefficient (Wildman–Crippen LogP) is 1.74. The highest BCUT2D eigenvalue weighted by molar-refractivity contribution is 5.94. The Morgan fingerprint density at radius 3 is 2.62 bits per heavy atom. The summed E-state index contributed by atoms with van der Waals surface area (Å²) in [5.74, 6) is 0.810. The number of hydrogen-bond acceptors (Lipinski definition) is 5. The van der Waals surface area contributed by atoms with Crippen molar-refractivity contribution in [3.8, 4) is 0 Å². The van der Waals surface area contributed by atoms with Crippen LogP contribution in [-0.2, 0) is 11.3 Å². The Labute approximate surface area is 180 Å². The number of carbonyl (C=O) groups is 1. The number of amides is 1. The van der Waals surface area contributed by atoms with Gasteiger partial charge in [-0.2, -0.15) is 0 Å². The molecule has 1 amide bonds. The molecule has 2 N–H and O–H groups in total. The summed E-state index contributed by atoms with van der Waals surface area (Å²) in [5.41, 5.74) is 2.05. The summed E-state index contributed by atoms with van der Waals surface area (Å²) >= 11 is 0. The van der Waals surface area contributed by atoms with Gasteiger partial charge in [-0.05, 0) is 43.5 Å². The highest BCUT2D eigenvalue weighted by atomic mass is 35.5. The molecule has 0 bridgehead atoms. The molecule has 0 spiro atoms. The lowest BCUT2D eigenvalue weighted by Gasteiger charge is -2.33. The van der Waals surface area contributed by atoms with E-state index in [-0.39, 0.29) is 18.3 Å². The summed E-state index contributed by atoms with van der Waals surface area (Å²) in [6, 6.07) is 9.20. The van der Waals surface area contributed by atoms with E-state index in [1.807, 2.05) is 17.0 Å². The van der Waals surface area contributed by atoms with Gasteiger partial charge in [-0.15, -0.1) is 12.4 Å². The Balaban J connectivity index is 0.00000240. The molecule has 3 fully saturated rings. The molecule has 4 rings (SSSR count).